The summed E-state index contributed by atoms with van der Waals surface area (Å²) in [4.78, 5) is 11.0. The Hall–Kier alpha value is -1.89. The van der Waals surface area contributed by atoms with Gasteiger partial charge in [-0.2, -0.15) is 0 Å². The zero-order chi connectivity index (χ0) is 14.3. The molecule has 2 N–H and O–H groups in total. The van der Waals surface area contributed by atoms with Crippen molar-refractivity contribution in [2.45, 2.75) is 18.9 Å². The topological polar surface area (TPSA) is 67.8 Å². The van der Waals surface area contributed by atoms with E-state index < -0.39 is 18.3 Å². The molecule has 0 amide bonds. The Morgan fingerprint density at radius 2 is 2.20 bits per heavy atom. The van der Waals surface area contributed by atoms with E-state index in [0.717, 1.165) is 0 Å². The highest BCUT2D eigenvalue weighted by Gasteiger charge is 2.34. The minimum Gasteiger partial charge on any atom is -0.481 e. The number of fused-ring (bicyclic) bond motifs is 1. The third kappa shape index (κ3) is 2.18. The van der Waals surface area contributed by atoms with Gasteiger partial charge in [-0.3, -0.25) is 4.79 Å². The van der Waals surface area contributed by atoms with Crippen LogP contribution in [0.2, 0.25) is 0 Å². The van der Waals surface area contributed by atoms with Gasteiger partial charge >= 0.3 is 5.97 Å². The molecule has 1 fully saturated rings. The number of benzene rings is 1. The Kier molecular flexibility index (Phi) is 3.21. The third-order valence-corrected chi connectivity index (χ3v) is 3.63. The Morgan fingerprint density at radius 1 is 1.40 bits per heavy atom. The van der Waals surface area contributed by atoms with E-state index in [-0.39, 0.29) is 18.4 Å². The molecule has 2 aliphatic rings. The zero-order valence-electron chi connectivity index (χ0n) is 10.4. The quantitative estimate of drug-likeness (QED) is 0.890. The van der Waals surface area contributed by atoms with E-state index in [0.29, 0.717) is 30.0 Å². The molecule has 0 bridgehead atoms. The predicted molar refractivity (Wildman–Crippen MR) is 64.0 cm³/mol. The molecular formula is C13H13F2NO4. The highest BCUT2D eigenvalue weighted by molar-refractivity contribution is 5.71. The molecule has 0 aromatic heterocycles. The number of hydrogen-bond donors (Lipinski definition) is 2. The summed E-state index contributed by atoms with van der Waals surface area (Å²) in [6, 6.07) is 2.31. The number of halogens is 2. The lowest BCUT2D eigenvalue weighted by molar-refractivity contribution is -0.141. The van der Waals surface area contributed by atoms with Crippen molar-refractivity contribution in [3.05, 3.63) is 23.3 Å². The fourth-order valence-electron chi connectivity index (χ4n) is 2.61. The molecule has 2 heterocycles. The minimum atomic E-state index is -2.61. The largest absolute Gasteiger partial charge is 0.481 e. The van der Waals surface area contributed by atoms with E-state index in [1.165, 1.54) is 12.1 Å². The Balaban J connectivity index is 1.95. The zero-order valence-corrected chi connectivity index (χ0v) is 10.4. The number of hydrogen-bond acceptors (Lipinski definition) is 4. The van der Waals surface area contributed by atoms with Crippen LogP contribution in [0.25, 0.3) is 0 Å². The first-order chi connectivity index (χ1) is 9.56. The molecule has 20 heavy (non-hydrogen) atoms. The maximum atomic E-state index is 12.9. The highest BCUT2D eigenvalue weighted by Crippen LogP contribution is 2.44. The summed E-state index contributed by atoms with van der Waals surface area (Å²) in [6.07, 6.45) is -2.27. The average molecular weight is 285 g/mol. The number of alkyl halides is 2. The maximum absolute atomic E-state index is 12.9. The summed E-state index contributed by atoms with van der Waals surface area (Å²) in [5.74, 6) is -0.691. The van der Waals surface area contributed by atoms with Crippen molar-refractivity contribution in [2.75, 3.05) is 13.3 Å². The van der Waals surface area contributed by atoms with E-state index in [1.54, 1.807) is 0 Å². The van der Waals surface area contributed by atoms with Crippen molar-refractivity contribution in [3.8, 4) is 11.5 Å². The van der Waals surface area contributed by atoms with E-state index in [2.05, 4.69) is 5.32 Å². The maximum Gasteiger partial charge on any atom is 0.307 e. The van der Waals surface area contributed by atoms with Crippen molar-refractivity contribution in [1.29, 1.82) is 0 Å². The Bertz CT molecular complexity index is 549. The molecule has 7 heteroatoms. The van der Waals surface area contributed by atoms with E-state index in [1.807, 2.05) is 0 Å². The minimum absolute atomic E-state index is 0.00982. The molecule has 108 valence electrons. The molecule has 2 aliphatic heterocycles. The van der Waals surface area contributed by atoms with Gasteiger partial charge in [-0.05, 0) is 18.6 Å². The van der Waals surface area contributed by atoms with Crippen molar-refractivity contribution in [1.82, 2.24) is 5.32 Å². The van der Waals surface area contributed by atoms with Gasteiger partial charge in [-0.15, -0.1) is 0 Å². The van der Waals surface area contributed by atoms with Crippen LogP contribution in [0.15, 0.2) is 12.1 Å². The Labute approximate surface area is 113 Å². The van der Waals surface area contributed by atoms with Crippen molar-refractivity contribution < 1.29 is 28.2 Å². The average Bonchev–Trinajstić information content (AvgIpc) is 3.06. The highest BCUT2D eigenvalue weighted by atomic mass is 19.3. The standard InChI is InChI=1S/C13H13F2NO4/c14-12(15)6-1-8(11-10(3-6)19-5-20-11)9-2-7(4-16-9)13(17)18/h1,3,7,9,12,16H,2,4-5H2,(H,17,18). The molecule has 5 nitrogen and oxygen atoms in total. The molecule has 1 aromatic rings. The van der Waals surface area contributed by atoms with Crippen molar-refractivity contribution in [3.63, 3.8) is 0 Å². The number of aliphatic carboxylic acids is 1. The fourth-order valence-corrected chi connectivity index (χ4v) is 2.61. The molecule has 0 aliphatic carbocycles. The summed E-state index contributed by atoms with van der Waals surface area (Å²) in [5.41, 5.74) is 0.392. The summed E-state index contributed by atoms with van der Waals surface area (Å²) < 4.78 is 36.3. The molecule has 3 rings (SSSR count). The number of carboxylic acid groups (broad SMARTS) is 1. The molecule has 1 aromatic carbocycles. The summed E-state index contributed by atoms with van der Waals surface area (Å²) in [5, 5.41) is 12.0. The van der Waals surface area contributed by atoms with Crippen LogP contribution < -0.4 is 14.8 Å². The van der Waals surface area contributed by atoms with Crippen LogP contribution in [0, 0.1) is 5.92 Å². The number of carbonyl (C=O) groups is 1. The van der Waals surface area contributed by atoms with E-state index in [4.69, 9.17) is 14.6 Å². The number of nitrogens with one attached hydrogen (secondary N) is 1. The van der Waals surface area contributed by atoms with Crippen molar-refractivity contribution >= 4 is 5.97 Å². The second kappa shape index (κ2) is 4.90. The van der Waals surface area contributed by atoms with Crippen molar-refractivity contribution in [2.24, 2.45) is 5.92 Å². The molecule has 0 saturated carbocycles. The molecule has 0 radical (unpaired) electrons. The van der Waals surface area contributed by atoms with Crippen LogP contribution in [0.5, 0.6) is 11.5 Å². The van der Waals surface area contributed by atoms with Crippen LogP contribution >= 0.6 is 0 Å². The van der Waals surface area contributed by atoms with Gasteiger partial charge in [-0.25, -0.2) is 8.78 Å². The number of carboxylic acids is 1. The van der Waals surface area contributed by atoms with Gasteiger partial charge in [0.15, 0.2) is 11.5 Å². The van der Waals surface area contributed by atoms with E-state index in [9.17, 15) is 13.6 Å². The smallest absolute Gasteiger partial charge is 0.307 e. The lowest BCUT2D eigenvalue weighted by Crippen LogP contribution is -2.17. The second-order valence-corrected chi connectivity index (χ2v) is 4.88. The molecular weight excluding hydrogens is 272 g/mol. The lowest BCUT2D eigenvalue weighted by atomic mass is 9.97. The van der Waals surface area contributed by atoms with Gasteiger partial charge < -0.3 is 19.9 Å². The Morgan fingerprint density at radius 3 is 2.85 bits per heavy atom. The fraction of sp³-hybridized carbons (Fsp3) is 0.462. The van der Waals surface area contributed by atoms with Gasteiger partial charge in [0.05, 0.1) is 5.92 Å². The number of ether oxygens (including phenoxy) is 2. The molecule has 1 saturated heterocycles. The molecule has 0 spiro atoms. The van der Waals surface area contributed by atoms with Crippen LogP contribution in [-0.2, 0) is 4.79 Å². The van der Waals surface area contributed by atoms with Gasteiger partial charge in [-0.1, -0.05) is 0 Å². The first-order valence-corrected chi connectivity index (χ1v) is 6.24. The first kappa shape index (κ1) is 13.1. The second-order valence-electron chi connectivity index (χ2n) is 4.88. The lowest BCUT2D eigenvalue weighted by Gasteiger charge is -2.15. The first-order valence-electron chi connectivity index (χ1n) is 6.24. The van der Waals surface area contributed by atoms with Gasteiger partial charge in [0, 0.05) is 23.7 Å². The van der Waals surface area contributed by atoms with Gasteiger partial charge in [0.25, 0.3) is 6.43 Å². The summed E-state index contributed by atoms with van der Waals surface area (Å²) >= 11 is 0. The van der Waals surface area contributed by atoms with Crippen LogP contribution in [0.1, 0.15) is 30.0 Å². The SMILES string of the molecule is O=C(O)C1CNC(c2cc(C(F)F)cc3c2OCO3)C1. The summed E-state index contributed by atoms with van der Waals surface area (Å²) in [6.45, 7) is 0.304. The molecule has 2 atom stereocenters. The van der Waals surface area contributed by atoms with Crippen LogP contribution in [0.4, 0.5) is 8.78 Å². The monoisotopic (exact) mass is 285 g/mol. The van der Waals surface area contributed by atoms with Crippen LogP contribution in [-0.4, -0.2) is 24.4 Å². The third-order valence-electron chi connectivity index (χ3n) is 3.63. The predicted octanol–water partition coefficient (Wildman–Crippen LogP) is 2.09. The normalized spacial score (nSPS) is 24.4. The van der Waals surface area contributed by atoms with Gasteiger partial charge in [0.2, 0.25) is 6.79 Å². The van der Waals surface area contributed by atoms with E-state index >= 15 is 0 Å². The number of rotatable bonds is 3. The van der Waals surface area contributed by atoms with Gasteiger partial charge in [0.1, 0.15) is 0 Å². The molecule has 2 unspecified atom stereocenters. The summed E-state index contributed by atoms with van der Waals surface area (Å²) in [7, 11) is 0. The van der Waals surface area contributed by atoms with Crippen LogP contribution in [0.3, 0.4) is 0 Å².